The molecular formula is C11H15N3S3. The van der Waals surface area contributed by atoms with Crippen LogP contribution in [-0.4, -0.2) is 21.7 Å². The molecule has 1 aliphatic carbocycles. The molecular weight excluding hydrogens is 270 g/mol. The fraction of sp³-hybridized carbons (Fsp3) is 0.727. The van der Waals surface area contributed by atoms with Crippen LogP contribution in [-0.2, 0) is 0 Å². The summed E-state index contributed by atoms with van der Waals surface area (Å²) >= 11 is 4.80. The topological polar surface area (TPSA) is 49.6 Å². The van der Waals surface area contributed by atoms with Crippen molar-refractivity contribution < 1.29 is 0 Å². The number of hydrogen-bond donors (Lipinski definition) is 0. The zero-order valence-corrected chi connectivity index (χ0v) is 12.2. The molecule has 0 spiro atoms. The lowest BCUT2D eigenvalue weighted by molar-refractivity contribution is 0.370. The van der Waals surface area contributed by atoms with Gasteiger partial charge in [0.1, 0.15) is 5.25 Å². The molecule has 1 aromatic rings. The van der Waals surface area contributed by atoms with Crippen molar-refractivity contribution >= 4 is 34.9 Å². The summed E-state index contributed by atoms with van der Waals surface area (Å²) in [7, 11) is 0. The van der Waals surface area contributed by atoms with E-state index in [2.05, 4.69) is 16.3 Å². The lowest BCUT2D eigenvalue weighted by Gasteiger charge is -2.24. The highest BCUT2D eigenvalue weighted by Crippen LogP contribution is 2.37. The number of rotatable bonds is 4. The highest BCUT2D eigenvalue weighted by atomic mass is 32.2. The third kappa shape index (κ3) is 3.60. The SMILES string of the molecule is CSc1nnc(SC(C#N)C2CCCCC2)s1. The van der Waals surface area contributed by atoms with E-state index in [1.165, 1.54) is 32.1 Å². The zero-order valence-electron chi connectivity index (χ0n) is 9.76. The summed E-state index contributed by atoms with van der Waals surface area (Å²) in [6.45, 7) is 0. The van der Waals surface area contributed by atoms with Gasteiger partial charge in [-0.25, -0.2) is 0 Å². The molecule has 0 aliphatic heterocycles. The van der Waals surface area contributed by atoms with E-state index < -0.39 is 0 Å². The number of nitriles is 1. The van der Waals surface area contributed by atoms with Crippen molar-refractivity contribution in [2.24, 2.45) is 5.92 Å². The Morgan fingerprint density at radius 1 is 1.29 bits per heavy atom. The van der Waals surface area contributed by atoms with E-state index in [0.717, 1.165) is 8.68 Å². The predicted octanol–water partition coefficient (Wildman–Crippen LogP) is 3.82. The minimum absolute atomic E-state index is 0.0537. The summed E-state index contributed by atoms with van der Waals surface area (Å²) in [5.74, 6) is 0.542. The molecule has 1 fully saturated rings. The molecule has 3 nitrogen and oxygen atoms in total. The van der Waals surface area contributed by atoms with Crippen LogP contribution in [0.1, 0.15) is 32.1 Å². The summed E-state index contributed by atoms with van der Waals surface area (Å²) in [6, 6.07) is 2.44. The molecule has 0 radical (unpaired) electrons. The minimum atomic E-state index is 0.0537. The van der Waals surface area contributed by atoms with E-state index in [9.17, 15) is 5.26 Å². The lowest BCUT2D eigenvalue weighted by Crippen LogP contribution is -2.18. The minimum Gasteiger partial charge on any atom is -0.197 e. The maximum Gasteiger partial charge on any atom is 0.176 e. The standard InChI is InChI=1S/C11H15N3S3/c1-15-10-13-14-11(17-10)16-9(7-12)8-5-3-2-4-6-8/h8-9H,2-6H2,1H3. The van der Waals surface area contributed by atoms with Gasteiger partial charge in [-0.15, -0.1) is 10.2 Å². The molecule has 0 amide bonds. The molecule has 0 bridgehead atoms. The number of aromatic nitrogens is 2. The van der Waals surface area contributed by atoms with E-state index >= 15 is 0 Å². The Kier molecular flexibility index (Phi) is 5.14. The molecule has 0 saturated heterocycles. The Labute approximate surface area is 114 Å². The largest absolute Gasteiger partial charge is 0.197 e. The first-order valence-corrected chi connectivity index (χ1v) is 8.69. The van der Waals surface area contributed by atoms with Gasteiger partial charge in [0.05, 0.1) is 6.07 Å². The maximum absolute atomic E-state index is 9.28. The first kappa shape index (κ1) is 13.2. The van der Waals surface area contributed by atoms with Crippen LogP contribution in [0.4, 0.5) is 0 Å². The molecule has 1 unspecified atom stereocenters. The van der Waals surface area contributed by atoms with Crippen LogP contribution >= 0.6 is 34.9 Å². The van der Waals surface area contributed by atoms with Gasteiger partial charge >= 0.3 is 0 Å². The fourth-order valence-electron chi connectivity index (χ4n) is 2.10. The van der Waals surface area contributed by atoms with Crippen LogP contribution in [0.5, 0.6) is 0 Å². The maximum atomic E-state index is 9.28. The predicted molar refractivity (Wildman–Crippen MR) is 73.5 cm³/mol. The van der Waals surface area contributed by atoms with Gasteiger partial charge in [-0.2, -0.15) is 5.26 Å². The van der Waals surface area contributed by atoms with Crippen molar-refractivity contribution in [1.82, 2.24) is 10.2 Å². The molecule has 1 saturated carbocycles. The monoisotopic (exact) mass is 285 g/mol. The first-order chi connectivity index (χ1) is 8.33. The van der Waals surface area contributed by atoms with E-state index in [1.807, 2.05) is 6.26 Å². The van der Waals surface area contributed by atoms with Crippen molar-refractivity contribution in [3.63, 3.8) is 0 Å². The van der Waals surface area contributed by atoms with Crippen molar-refractivity contribution in [2.45, 2.75) is 46.0 Å². The number of hydrogen-bond acceptors (Lipinski definition) is 6. The normalized spacial score (nSPS) is 18.8. The van der Waals surface area contributed by atoms with E-state index in [0.29, 0.717) is 5.92 Å². The van der Waals surface area contributed by atoms with Gasteiger partial charge < -0.3 is 0 Å². The number of nitrogens with zero attached hydrogens (tertiary/aromatic N) is 3. The Morgan fingerprint density at radius 3 is 2.59 bits per heavy atom. The van der Waals surface area contributed by atoms with Crippen molar-refractivity contribution in [3.8, 4) is 6.07 Å². The molecule has 0 N–H and O–H groups in total. The van der Waals surface area contributed by atoms with Crippen LogP contribution in [0, 0.1) is 17.2 Å². The van der Waals surface area contributed by atoms with Gasteiger partial charge in [0.2, 0.25) is 0 Å². The quantitative estimate of drug-likeness (QED) is 0.787. The summed E-state index contributed by atoms with van der Waals surface area (Å²) in [5.41, 5.74) is 0. The average Bonchev–Trinajstić information content (AvgIpc) is 2.84. The molecule has 2 rings (SSSR count). The Hall–Kier alpha value is -0.250. The van der Waals surface area contributed by atoms with Crippen LogP contribution in [0.2, 0.25) is 0 Å². The van der Waals surface area contributed by atoms with Crippen molar-refractivity contribution in [1.29, 1.82) is 5.26 Å². The Balaban J connectivity index is 1.96. The second-order valence-electron chi connectivity index (χ2n) is 4.10. The van der Waals surface area contributed by atoms with E-state index in [-0.39, 0.29) is 5.25 Å². The zero-order chi connectivity index (χ0) is 12.1. The third-order valence-corrected chi connectivity index (χ3v) is 6.26. The van der Waals surface area contributed by atoms with Gasteiger partial charge in [0, 0.05) is 0 Å². The van der Waals surface area contributed by atoms with Gasteiger partial charge in [0.15, 0.2) is 8.68 Å². The highest BCUT2D eigenvalue weighted by molar-refractivity contribution is 8.03. The fourth-order valence-corrected chi connectivity index (χ4v) is 4.83. The molecule has 92 valence electrons. The molecule has 17 heavy (non-hydrogen) atoms. The second kappa shape index (κ2) is 6.62. The second-order valence-corrected chi connectivity index (χ2v) is 7.52. The van der Waals surface area contributed by atoms with E-state index in [4.69, 9.17) is 0 Å². The summed E-state index contributed by atoms with van der Waals surface area (Å²) < 4.78 is 1.92. The highest BCUT2D eigenvalue weighted by Gasteiger charge is 2.25. The first-order valence-electron chi connectivity index (χ1n) is 5.77. The number of thioether (sulfide) groups is 2. The molecule has 1 aliphatic rings. The van der Waals surface area contributed by atoms with E-state index in [1.54, 1.807) is 34.9 Å². The van der Waals surface area contributed by atoms with Crippen LogP contribution in [0.15, 0.2) is 8.68 Å². The summed E-state index contributed by atoms with van der Waals surface area (Å²) in [4.78, 5) is 0. The molecule has 6 heteroatoms. The van der Waals surface area contributed by atoms with Crippen LogP contribution in [0.3, 0.4) is 0 Å². The average molecular weight is 285 g/mol. The third-order valence-electron chi connectivity index (χ3n) is 3.00. The van der Waals surface area contributed by atoms with Crippen LogP contribution < -0.4 is 0 Å². The Morgan fingerprint density at radius 2 is 2.00 bits per heavy atom. The molecule has 1 atom stereocenters. The van der Waals surface area contributed by atoms with Gasteiger partial charge in [-0.1, -0.05) is 54.1 Å². The molecule has 1 heterocycles. The Bertz CT molecular complexity index is 393. The smallest absolute Gasteiger partial charge is 0.176 e. The molecule has 1 aromatic heterocycles. The lowest BCUT2D eigenvalue weighted by atomic mass is 9.87. The summed E-state index contributed by atoms with van der Waals surface area (Å²) in [6.07, 6.45) is 8.26. The van der Waals surface area contributed by atoms with Crippen molar-refractivity contribution in [3.05, 3.63) is 0 Å². The van der Waals surface area contributed by atoms with Gasteiger partial charge in [0.25, 0.3) is 0 Å². The summed E-state index contributed by atoms with van der Waals surface area (Å²) in [5, 5.41) is 17.5. The van der Waals surface area contributed by atoms with Crippen LogP contribution in [0.25, 0.3) is 0 Å². The van der Waals surface area contributed by atoms with Gasteiger partial charge in [-0.05, 0) is 25.0 Å². The molecule has 0 aromatic carbocycles. The van der Waals surface area contributed by atoms with Crippen molar-refractivity contribution in [2.75, 3.05) is 6.26 Å². The van der Waals surface area contributed by atoms with Gasteiger partial charge in [-0.3, -0.25) is 0 Å².